The van der Waals surface area contributed by atoms with Gasteiger partial charge in [0.25, 0.3) is 0 Å². The molecule has 7 heteroatoms. The molecule has 4 rings (SSSR count). The van der Waals surface area contributed by atoms with Crippen molar-refractivity contribution in [2.45, 2.75) is 0 Å². The number of methoxy groups -OCH3 is 2. The Morgan fingerprint density at radius 3 is 2.26 bits per heavy atom. The van der Waals surface area contributed by atoms with Crippen molar-refractivity contribution in [1.82, 2.24) is 9.88 Å². The molecule has 0 radical (unpaired) electrons. The predicted octanol–water partition coefficient (Wildman–Crippen LogP) is 5.00. The Hall–Kier alpha value is -3.97. The van der Waals surface area contributed by atoms with Crippen LogP contribution < -0.4 is 14.2 Å². The number of likely N-dealkylation sites (N-methyl/N-ethyl adjacent to an activating group) is 1. The van der Waals surface area contributed by atoms with Crippen LogP contribution in [-0.4, -0.2) is 62.2 Å². The Kier molecular flexibility index (Phi) is 7.04. The Balaban J connectivity index is 1.79. The molecule has 0 aliphatic rings. The van der Waals surface area contributed by atoms with E-state index in [9.17, 15) is 5.11 Å². The maximum atomic E-state index is 10.9. The summed E-state index contributed by atoms with van der Waals surface area (Å²) >= 11 is 0. The topological polar surface area (TPSA) is 79.3 Å². The van der Waals surface area contributed by atoms with Gasteiger partial charge in [-0.1, -0.05) is 30.3 Å². The van der Waals surface area contributed by atoms with E-state index in [-0.39, 0.29) is 5.88 Å². The van der Waals surface area contributed by atoms with Gasteiger partial charge in [0, 0.05) is 23.6 Å². The summed E-state index contributed by atoms with van der Waals surface area (Å²) in [6.45, 7) is 1.45. The van der Waals surface area contributed by atoms with E-state index in [1.54, 1.807) is 20.3 Å². The number of hydrogen-bond donors (Lipinski definition) is 2. The average molecular weight is 460 g/mol. The van der Waals surface area contributed by atoms with Crippen molar-refractivity contribution in [3.8, 4) is 23.1 Å². The quantitative estimate of drug-likeness (QED) is 0.344. The number of aromatic nitrogens is 1. The van der Waals surface area contributed by atoms with Crippen LogP contribution in [0.4, 0.5) is 5.69 Å². The molecule has 1 heterocycles. The van der Waals surface area contributed by atoms with Gasteiger partial charge in [-0.3, -0.25) is 0 Å². The normalized spacial score (nSPS) is 11.7. The van der Waals surface area contributed by atoms with Crippen molar-refractivity contribution in [1.29, 1.82) is 0 Å². The number of rotatable bonds is 9. The van der Waals surface area contributed by atoms with Crippen LogP contribution in [0.3, 0.4) is 0 Å². The van der Waals surface area contributed by atoms with Crippen molar-refractivity contribution >= 4 is 22.3 Å². The van der Waals surface area contributed by atoms with Crippen LogP contribution >= 0.6 is 0 Å². The lowest BCUT2D eigenvalue weighted by atomic mass is 10.0. The van der Waals surface area contributed by atoms with E-state index in [2.05, 4.69) is 9.88 Å². The van der Waals surface area contributed by atoms with Crippen LogP contribution in [0, 0.1) is 0 Å². The maximum absolute atomic E-state index is 10.9. The highest BCUT2D eigenvalue weighted by Crippen LogP contribution is 2.38. The fraction of sp³-hybridized carbons (Fsp3) is 0.222. The van der Waals surface area contributed by atoms with Gasteiger partial charge in [0.05, 0.1) is 36.7 Å². The Morgan fingerprint density at radius 2 is 1.62 bits per heavy atom. The Morgan fingerprint density at radius 1 is 0.941 bits per heavy atom. The molecule has 34 heavy (non-hydrogen) atoms. The first-order valence-electron chi connectivity index (χ1n) is 11.0. The van der Waals surface area contributed by atoms with Crippen LogP contribution in [0.5, 0.6) is 23.1 Å². The van der Waals surface area contributed by atoms with Crippen molar-refractivity contribution in [2.24, 2.45) is 4.99 Å². The second-order valence-electron chi connectivity index (χ2n) is 8.07. The fourth-order valence-electron chi connectivity index (χ4n) is 3.70. The van der Waals surface area contributed by atoms with Gasteiger partial charge < -0.3 is 29.2 Å². The molecule has 0 fully saturated rings. The molecule has 0 spiro atoms. The summed E-state index contributed by atoms with van der Waals surface area (Å²) in [5.41, 5.74) is 3.57. The summed E-state index contributed by atoms with van der Waals surface area (Å²) in [6.07, 6.45) is 0. The monoisotopic (exact) mass is 459 g/mol. The molecule has 0 aliphatic carbocycles. The summed E-state index contributed by atoms with van der Waals surface area (Å²) in [5.74, 6) is 1.96. The lowest BCUT2D eigenvalue weighted by Crippen LogP contribution is -2.19. The molecule has 1 aromatic heterocycles. The van der Waals surface area contributed by atoms with Crippen LogP contribution in [0.2, 0.25) is 0 Å². The molecule has 0 amide bonds. The number of aliphatic imine (C=N–C) groups is 1. The molecule has 0 atom stereocenters. The van der Waals surface area contributed by atoms with Crippen LogP contribution in [0.25, 0.3) is 10.9 Å². The molecule has 2 N–H and O–H groups in total. The van der Waals surface area contributed by atoms with E-state index in [1.807, 2.05) is 74.8 Å². The molecule has 176 valence electrons. The Bertz CT molecular complexity index is 1280. The zero-order valence-corrected chi connectivity index (χ0v) is 19.8. The predicted molar refractivity (Wildman–Crippen MR) is 135 cm³/mol. The summed E-state index contributed by atoms with van der Waals surface area (Å²) in [7, 11) is 7.19. The minimum atomic E-state index is 0.0246. The first-order chi connectivity index (χ1) is 16.5. The van der Waals surface area contributed by atoms with Gasteiger partial charge in [-0.05, 0) is 44.4 Å². The number of ether oxygens (including phenoxy) is 3. The number of hydrogen-bond acceptors (Lipinski definition) is 6. The highest BCUT2D eigenvalue weighted by Gasteiger charge is 2.21. The van der Waals surface area contributed by atoms with E-state index in [4.69, 9.17) is 19.2 Å². The van der Waals surface area contributed by atoms with Crippen LogP contribution in [0.1, 0.15) is 11.1 Å². The molecule has 7 nitrogen and oxygen atoms in total. The Labute approximate surface area is 199 Å². The number of aromatic amines is 1. The molecule has 0 bridgehead atoms. The highest BCUT2D eigenvalue weighted by molar-refractivity contribution is 6.22. The highest BCUT2D eigenvalue weighted by atomic mass is 16.5. The smallest absolute Gasteiger partial charge is 0.199 e. The molecule has 0 aliphatic heterocycles. The number of nitrogens with zero attached hydrogens (tertiary/aromatic N) is 2. The van der Waals surface area contributed by atoms with Gasteiger partial charge >= 0.3 is 0 Å². The van der Waals surface area contributed by atoms with Crippen LogP contribution in [-0.2, 0) is 0 Å². The molecule has 0 saturated carbocycles. The third-order valence-corrected chi connectivity index (χ3v) is 5.45. The van der Waals surface area contributed by atoms with E-state index in [1.165, 1.54) is 0 Å². The summed E-state index contributed by atoms with van der Waals surface area (Å²) in [5, 5.41) is 11.7. The second kappa shape index (κ2) is 10.3. The first kappa shape index (κ1) is 23.2. The van der Waals surface area contributed by atoms with Gasteiger partial charge in [-0.15, -0.1) is 0 Å². The maximum Gasteiger partial charge on any atom is 0.199 e. The largest absolute Gasteiger partial charge is 0.494 e. The van der Waals surface area contributed by atoms with Gasteiger partial charge in [0.1, 0.15) is 12.4 Å². The SMILES string of the molecule is COc1cc2[nH]c(O)c(C(=Nc3ccc(OCCN(C)C)cc3)c3ccccc3)c2cc1OC. The lowest BCUT2D eigenvalue weighted by molar-refractivity contribution is 0.261. The van der Waals surface area contributed by atoms with Gasteiger partial charge in [-0.2, -0.15) is 0 Å². The number of nitrogens with one attached hydrogen (secondary N) is 1. The summed E-state index contributed by atoms with van der Waals surface area (Å²) in [6, 6.07) is 21.0. The second-order valence-corrected chi connectivity index (χ2v) is 8.07. The minimum absolute atomic E-state index is 0.0246. The van der Waals surface area contributed by atoms with Crippen LogP contribution in [0.15, 0.2) is 71.7 Å². The van der Waals surface area contributed by atoms with E-state index >= 15 is 0 Å². The fourth-order valence-corrected chi connectivity index (χ4v) is 3.70. The summed E-state index contributed by atoms with van der Waals surface area (Å²) in [4.78, 5) is 10.0. The third kappa shape index (κ3) is 5.00. The number of fused-ring (bicyclic) bond motifs is 1. The van der Waals surface area contributed by atoms with Gasteiger partial charge in [0.15, 0.2) is 17.4 Å². The van der Waals surface area contributed by atoms with E-state index < -0.39 is 0 Å². The summed E-state index contributed by atoms with van der Waals surface area (Å²) < 4.78 is 16.7. The molecular formula is C27H29N3O4. The molecule has 0 unspecified atom stereocenters. The van der Waals surface area contributed by atoms with E-state index in [0.717, 1.165) is 34.4 Å². The van der Waals surface area contributed by atoms with Crippen molar-refractivity contribution < 1.29 is 19.3 Å². The number of benzene rings is 3. The van der Waals surface area contributed by atoms with Gasteiger partial charge in [-0.25, -0.2) is 4.99 Å². The molecule has 3 aromatic carbocycles. The molecule has 4 aromatic rings. The van der Waals surface area contributed by atoms with Crippen molar-refractivity contribution in [3.63, 3.8) is 0 Å². The number of H-pyrrole nitrogens is 1. The average Bonchev–Trinajstić information content (AvgIpc) is 3.17. The zero-order valence-electron chi connectivity index (χ0n) is 19.8. The van der Waals surface area contributed by atoms with Gasteiger partial charge in [0.2, 0.25) is 0 Å². The van der Waals surface area contributed by atoms with E-state index in [0.29, 0.717) is 29.4 Å². The number of aromatic hydroxyl groups is 1. The lowest BCUT2D eigenvalue weighted by Gasteiger charge is -2.11. The standard InChI is InChI=1S/C27H29N3O4/c1-30(2)14-15-34-20-12-10-19(11-13-20)28-26(18-8-6-5-7-9-18)25-21-16-23(32-3)24(33-4)17-22(21)29-27(25)31/h5-13,16-17,29,31H,14-15H2,1-4H3. The van der Waals surface area contributed by atoms with Crippen molar-refractivity contribution in [3.05, 3.63) is 77.9 Å². The molecular weight excluding hydrogens is 430 g/mol. The molecule has 0 saturated heterocycles. The minimum Gasteiger partial charge on any atom is -0.494 e. The van der Waals surface area contributed by atoms with Crippen molar-refractivity contribution in [2.75, 3.05) is 41.5 Å². The third-order valence-electron chi connectivity index (χ3n) is 5.45. The zero-order chi connectivity index (χ0) is 24.1. The first-order valence-corrected chi connectivity index (χ1v) is 11.0.